The molecule has 2 N–H and O–H groups in total. The molecule has 0 fully saturated rings. The Labute approximate surface area is 76.6 Å². The molecular weight excluding hydrogens is 166 g/mol. The summed E-state index contributed by atoms with van der Waals surface area (Å²) in [6.45, 7) is 3.44. The van der Waals surface area contributed by atoms with Gasteiger partial charge in [0.1, 0.15) is 5.52 Å². The largest absolute Gasteiger partial charge is 0.394 e. The van der Waals surface area contributed by atoms with Gasteiger partial charge in [0.05, 0.1) is 5.52 Å². The molecule has 2 aromatic rings. The Morgan fingerprint density at radius 1 is 1.31 bits per heavy atom. The molecule has 0 atom stereocenters. The molecule has 0 amide bonds. The van der Waals surface area contributed by atoms with Crippen molar-refractivity contribution in [1.82, 2.24) is 15.4 Å². The number of aliphatic hydroxyl groups is 1. The van der Waals surface area contributed by atoms with Crippen molar-refractivity contribution in [2.24, 2.45) is 0 Å². The lowest BCUT2D eigenvalue weighted by Crippen LogP contribution is -1.85. The molecule has 0 aliphatic carbocycles. The van der Waals surface area contributed by atoms with Gasteiger partial charge < -0.3 is 5.11 Å². The maximum Gasteiger partial charge on any atom is 0.112 e. The van der Waals surface area contributed by atoms with Gasteiger partial charge in [-0.05, 0) is 26.0 Å². The normalized spacial score (nSPS) is 9.85. The number of aliphatic hydroxyl groups excluding tert-OH is 1. The van der Waals surface area contributed by atoms with Crippen LogP contribution in [0.5, 0.6) is 0 Å². The first-order valence-electron chi connectivity index (χ1n) is 4.14. The van der Waals surface area contributed by atoms with Gasteiger partial charge in [0.15, 0.2) is 0 Å². The summed E-state index contributed by atoms with van der Waals surface area (Å²) in [5.41, 5.74) is 1.90. The molecule has 1 heterocycles. The molecule has 1 aromatic carbocycles. The molecule has 70 valence electrons. The number of hydrogen-bond donors (Lipinski definition) is 2. The monoisotopic (exact) mass is 179 g/mol. The van der Waals surface area contributed by atoms with Crippen molar-refractivity contribution in [3.63, 3.8) is 0 Å². The van der Waals surface area contributed by atoms with Crippen LogP contribution in [0.1, 0.15) is 13.8 Å². The third-order valence-corrected chi connectivity index (χ3v) is 1.23. The fourth-order valence-electron chi connectivity index (χ4n) is 0.788. The number of aromatic amines is 1. The smallest absolute Gasteiger partial charge is 0.112 e. The molecule has 13 heavy (non-hydrogen) atoms. The lowest BCUT2D eigenvalue weighted by atomic mass is 10.3. The first-order chi connectivity index (χ1) is 6.20. The van der Waals surface area contributed by atoms with Gasteiger partial charge >= 0.3 is 0 Å². The van der Waals surface area contributed by atoms with Gasteiger partial charge in [0, 0.05) is 6.10 Å². The Balaban J connectivity index is 0.000000184. The molecule has 2 rings (SSSR count). The van der Waals surface area contributed by atoms with Crippen molar-refractivity contribution in [2.45, 2.75) is 20.0 Å². The summed E-state index contributed by atoms with van der Waals surface area (Å²) < 4.78 is 0. The highest BCUT2D eigenvalue weighted by atomic mass is 16.3. The van der Waals surface area contributed by atoms with Gasteiger partial charge in [-0.15, -0.1) is 5.10 Å². The SMILES string of the molecule is CC(C)O.c1ccc2[nH]nnc2c1. The van der Waals surface area contributed by atoms with Gasteiger partial charge in [0.25, 0.3) is 0 Å². The van der Waals surface area contributed by atoms with E-state index >= 15 is 0 Å². The Morgan fingerprint density at radius 3 is 2.54 bits per heavy atom. The molecule has 0 spiro atoms. The molecule has 0 radical (unpaired) electrons. The number of rotatable bonds is 0. The molecule has 0 saturated heterocycles. The van der Waals surface area contributed by atoms with Crippen LogP contribution in [0.25, 0.3) is 11.0 Å². The lowest BCUT2D eigenvalue weighted by molar-refractivity contribution is 0.216. The van der Waals surface area contributed by atoms with Crippen LogP contribution in [-0.2, 0) is 0 Å². The molecule has 4 nitrogen and oxygen atoms in total. The molecule has 0 aliphatic heterocycles. The number of fused-ring (bicyclic) bond motifs is 1. The maximum absolute atomic E-state index is 8.06. The molecule has 0 aliphatic rings. The maximum atomic E-state index is 8.06. The molecule has 0 bridgehead atoms. The second-order valence-electron chi connectivity index (χ2n) is 2.92. The minimum Gasteiger partial charge on any atom is -0.394 e. The average molecular weight is 179 g/mol. The van der Waals surface area contributed by atoms with Crippen molar-refractivity contribution in [2.75, 3.05) is 0 Å². The average Bonchev–Trinajstić information content (AvgIpc) is 2.49. The number of nitrogens with zero attached hydrogens (tertiary/aromatic N) is 2. The van der Waals surface area contributed by atoms with Gasteiger partial charge in [-0.3, -0.25) is 5.10 Å². The summed E-state index contributed by atoms with van der Waals surface area (Å²) in [7, 11) is 0. The van der Waals surface area contributed by atoms with Gasteiger partial charge in [-0.25, -0.2) is 0 Å². The Kier molecular flexibility index (Phi) is 3.40. The van der Waals surface area contributed by atoms with E-state index in [1.54, 1.807) is 13.8 Å². The summed E-state index contributed by atoms with van der Waals surface area (Å²) in [4.78, 5) is 0. The van der Waals surface area contributed by atoms with E-state index in [0.717, 1.165) is 11.0 Å². The van der Waals surface area contributed by atoms with E-state index in [1.165, 1.54) is 0 Å². The topological polar surface area (TPSA) is 61.8 Å². The zero-order valence-corrected chi connectivity index (χ0v) is 7.73. The molecule has 1 aromatic heterocycles. The van der Waals surface area contributed by atoms with Crippen molar-refractivity contribution >= 4 is 11.0 Å². The van der Waals surface area contributed by atoms with E-state index in [2.05, 4.69) is 15.4 Å². The summed E-state index contributed by atoms with van der Waals surface area (Å²) in [5, 5.41) is 18.3. The van der Waals surface area contributed by atoms with Crippen molar-refractivity contribution in [3.8, 4) is 0 Å². The standard InChI is InChI=1S/C6H5N3.C3H8O/c1-2-4-6-5(3-1)7-9-8-6;1-3(2)4/h1-4H,(H,7,8,9);3-4H,1-2H3. The van der Waals surface area contributed by atoms with E-state index in [0.29, 0.717) is 0 Å². The highest BCUT2D eigenvalue weighted by Crippen LogP contribution is 2.03. The summed E-state index contributed by atoms with van der Waals surface area (Å²) in [6, 6.07) is 7.74. The first-order valence-corrected chi connectivity index (χ1v) is 4.14. The van der Waals surface area contributed by atoms with Crippen LogP contribution in [0.15, 0.2) is 24.3 Å². The minimum absolute atomic E-state index is 0.167. The number of nitrogens with one attached hydrogen (secondary N) is 1. The Hall–Kier alpha value is -1.42. The second kappa shape index (κ2) is 4.57. The summed E-state index contributed by atoms with van der Waals surface area (Å²) >= 11 is 0. The fourth-order valence-corrected chi connectivity index (χ4v) is 0.788. The van der Waals surface area contributed by atoms with Gasteiger partial charge in [0.2, 0.25) is 0 Å². The highest BCUT2D eigenvalue weighted by Gasteiger charge is 1.90. The van der Waals surface area contributed by atoms with Gasteiger partial charge in [-0.2, -0.15) is 0 Å². The van der Waals surface area contributed by atoms with Crippen LogP contribution in [0.2, 0.25) is 0 Å². The Bertz CT molecular complexity index is 323. The van der Waals surface area contributed by atoms with Crippen LogP contribution in [0, 0.1) is 0 Å². The van der Waals surface area contributed by atoms with Crippen LogP contribution in [-0.4, -0.2) is 26.6 Å². The van der Waals surface area contributed by atoms with Crippen molar-refractivity contribution in [1.29, 1.82) is 0 Å². The second-order valence-corrected chi connectivity index (χ2v) is 2.92. The summed E-state index contributed by atoms with van der Waals surface area (Å²) in [5.74, 6) is 0. The van der Waals surface area contributed by atoms with Crippen LogP contribution < -0.4 is 0 Å². The Morgan fingerprint density at radius 2 is 1.92 bits per heavy atom. The highest BCUT2D eigenvalue weighted by molar-refractivity contribution is 5.72. The number of aromatic nitrogens is 3. The van der Waals surface area contributed by atoms with Gasteiger partial charge in [-0.1, -0.05) is 17.3 Å². The third-order valence-electron chi connectivity index (χ3n) is 1.23. The molecule has 0 saturated carbocycles. The first kappa shape index (κ1) is 9.67. The van der Waals surface area contributed by atoms with E-state index < -0.39 is 0 Å². The predicted octanol–water partition coefficient (Wildman–Crippen LogP) is 1.34. The van der Waals surface area contributed by atoms with E-state index in [1.807, 2.05) is 24.3 Å². The molecule has 4 heteroatoms. The molecular formula is C9H13N3O. The molecule has 0 unspecified atom stereocenters. The van der Waals surface area contributed by atoms with Crippen molar-refractivity contribution in [3.05, 3.63) is 24.3 Å². The van der Waals surface area contributed by atoms with Crippen LogP contribution in [0.3, 0.4) is 0 Å². The van der Waals surface area contributed by atoms with Crippen molar-refractivity contribution < 1.29 is 5.11 Å². The van der Waals surface area contributed by atoms with E-state index in [9.17, 15) is 0 Å². The lowest BCUT2D eigenvalue weighted by Gasteiger charge is -1.80. The third kappa shape index (κ3) is 3.21. The van der Waals surface area contributed by atoms with Crippen LogP contribution in [0.4, 0.5) is 0 Å². The number of para-hydroxylation sites is 1. The zero-order valence-electron chi connectivity index (χ0n) is 7.73. The zero-order chi connectivity index (χ0) is 9.68. The summed E-state index contributed by atoms with van der Waals surface area (Å²) in [6.07, 6.45) is -0.167. The number of benzene rings is 1. The van der Waals surface area contributed by atoms with E-state index in [-0.39, 0.29) is 6.10 Å². The number of hydrogen-bond acceptors (Lipinski definition) is 3. The van der Waals surface area contributed by atoms with Crippen LogP contribution >= 0.6 is 0 Å². The van der Waals surface area contributed by atoms with E-state index in [4.69, 9.17) is 5.11 Å². The number of H-pyrrole nitrogens is 1. The predicted molar refractivity (Wildman–Crippen MR) is 51.2 cm³/mol. The quantitative estimate of drug-likeness (QED) is 0.641. The fraction of sp³-hybridized carbons (Fsp3) is 0.333. The minimum atomic E-state index is -0.167.